The Kier molecular flexibility index (Phi) is 2.69. The van der Waals surface area contributed by atoms with Crippen molar-refractivity contribution in [3.05, 3.63) is 24.0 Å². The van der Waals surface area contributed by atoms with Crippen molar-refractivity contribution in [2.45, 2.75) is 33.2 Å². The lowest BCUT2D eigenvalue weighted by Crippen LogP contribution is -1.98. The molecule has 0 atom stereocenters. The van der Waals surface area contributed by atoms with Crippen molar-refractivity contribution in [3.63, 3.8) is 0 Å². The summed E-state index contributed by atoms with van der Waals surface area (Å²) in [5.74, 6) is 0.217. The first-order valence-corrected chi connectivity index (χ1v) is 4.35. The number of carbonyl (C=O) groups is 1. The zero-order valence-corrected chi connectivity index (χ0v) is 7.87. The molecule has 0 spiro atoms. The SMILES string of the molecule is CCC(=O)c1ccn(C(C)C)c1. The Hall–Kier alpha value is -1.05. The van der Waals surface area contributed by atoms with Gasteiger partial charge in [-0.15, -0.1) is 0 Å². The highest BCUT2D eigenvalue weighted by molar-refractivity contribution is 5.95. The van der Waals surface area contributed by atoms with Crippen LogP contribution in [0.1, 0.15) is 43.6 Å². The maximum absolute atomic E-state index is 11.2. The fraction of sp³-hybridized carbons (Fsp3) is 0.500. The van der Waals surface area contributed by atoms with Crippen LogP contribution in [0.25, 0.3) is 0 Å². The van der Waals surface area contributed by atoms with Gasteiger partial charge < -0.3 is 4.57 Å². The third-order valence-electron chi connectivity index (χ3n) is 1.95. The van der Waals surface area contributed by atoms with Crippen molar-refractivity contribution in [2.75, 3.05) is 0 Å². The number of nitrogens with zero attached hydrogens (tertiary/aromatic N) is 1. The van der Waals surface area contributed by atoms with Crippen LogP contribution >= 0.6 is 0 Å². The first-order valence-electron chi connectivity index (χ1n) is 4.35. The average Bonchev–Trinajstić information content (AvgIpc) is 2.51. The quantitative estimate of drug-likeness (QED) is 0.631. The van der Waals surface area contributed by atoms with Gasteiger partial charge in [0.05, 0.1) is 0 Å². The van der Waals surface area contributed by atoms with Crippen LogP contribution in [-0.4, -0.2) is 10.4 Å². The molecular formula is C10H15NO. The molecule has 2 nitrogen and oxygen atoms in total. The molecule has 0 bridgehead atoms. The minimum absolute atomic E-state index is 0.217. The van der Waals surface area contributed by atoms with E-state index >= 15 is 0 Å². The minimum atomic E-state index is 0.217. The van der Waals surface area contributed by atoms with Crippen LogP contribution in [0, 0.1) is 0 Å². The fourth-order valence-corrected chi connectivity index (χ4v) is 1.10. The van der Waals surface area contributed by atoms with E-state index in [2.05, 4.69) is 13.8 Å². The minimum Gasteiger partial charge on any atom is -0.351 e. The smallest absolute Gasteiger partial charge is 0.164 e. The van der Waals surface area contributed by atoms with E-state index in [1.807, 2.05) is 30.0 Å². The fourth-order valence-electron chi connectivity index (χ4n) is 1.10. The van der Waals surface area contributed by atoms with E-state index in [-0.39, 0.29) is 5.78 Å². The van der Waals surface area contributed by atoms with Crippen LogP contribution < -0.4 is 0 Å². The number of aromatic nitrogens is 1. The molecule has 12 heavy (non-hydrogen) atoms. The number of rotatable bonds is 3. The second-order valence-electron chi connectivity index (χ2n) is 3.22. The van der Waals surface area contributed by atoms with Gasteiger partial charge in [-0.25, -0.2) is 0 Å². The molecule has 2 heteroatoms. The van der Waals surface area contributed by atoms with E-state index < -0.39 is 0 Å². The molecule has 0 saturated heterocycles. The molecule has 0 radical (unpaired) electrons. The molecule has 1 rings (SSSR count). The first-order chi connectivity index (χ1) is 5.65. The molecule has 0 aliphatic carbocycles. The summed E-state index contributed by atoms with van der Waals surface area (Å²) in [6, 6.07) is 2.31. The number of ketones is 1. The van der Waals surface area contributed by atoms with Gasteiger partial charge in [0.25, 0.3) is 0 Å². The van der Waals surface area contributed by atoms with E-state index in [1.54, 1.807) is 0 Å². The lowest BCUT2D eigenvalue weighted by Gasteiger charge is -2.04. The Morgan fingerprint density at radius 2 is 2.25 bits per heavy atom. The van der Waals surface area contributed by atoms with Gasteiger partial charge in [-0.1, -0.05) is 6.92 Å². The van der Waals surface area contributed by atoms with Crippen LogP contribution in [0.4, 0.5) is 0 Å². The number of hydrogen-bond acceptors (Lipinski definition) is 1. The number of hydrogen-bond donors (Lipinski definition) is 0. The molecule has 1 aromatic rings. The predicted octanol–water partition coefficient (Wildman–Crippen LogP) is 2.66. The van der Waals surface area contributed by atoms with Crippen molar-refractivity contribution in [2.24, 2.45) is 0 Å². The van der Waals surface area contributed by atoms with Gasteiger partial charge in [-0.3, -0.25) is 4.79 Å². The van der Waals surface area contributed by atoms with Crippen LogP contribution in [0.5, 0.6) is 0 Å². The van der Waals surface area contributed by atoms with Gasteiger partial charge in [0.15, 0.2) is 5.78 Å². The third kappa shape index (κ3) is 1.76. The number of Topliss-reactive ketones (excluding diaryl/α,β-unsaturated/α-hetero) is 1. The Balaban J connectivity index is 2.84. The van der Waals surface area contributed by atoms with Crippen molar-refractivity contribution in [3.8, 4) is 0 Å². The molecular weight excluding hydrogens is 150 g/mol. The monoisotopic (exact) mass is 165 g/mol. The van der Waals surface area contributed by atoms with Crippen LogP contribution in [0.3, 0.4) is 0 Å². The molecule has 0 saturated carbocycles. The Morgan fingerprint density at radius 3 is 2.67 bits per heavy atom. The average molecular weight is 165 g/mol. The maximum Gasteiger partial charge on any atom is 0.164 e. The molecule has 0 fully saturated rings. The van der Waals surface area contributed by atoms with Crippen LogP contribution in [0.2, 0.25) is 0 Å². The first kappa shape index (κ1) is 9.04. The summed E-state index contributed by atoms with van der Waals surface area (Å²) in [5.41, 5.74) is 0.825. The van der Waals surface area contributed by atoms with E-state index in [0.29, 0.717) is 12.5 Å². The second kappa shape index (κ2) is 3.57. The summed E-state index contributed by atoms with van der Waals surface area (Å²) in [7, 11) is 0. The Labute approximate surface area is 73.2 Å². The van der Waals surface area contributed by atoms with Crippen molar-refractivity contribution < 1.29 is 4.79 Å². The molecule has 66 valence electrons. The zero-order valence-electron chi connectivity index (χ0n) is 7.87. The van der Waals surface area contributed by atoms with Gasteiger partial charge in [0, 0.05) is 30.4 Å². The van der Waals surface area contributed by atoms with Gasteiger partial charge in [0.2, 0.25) is 0 Å². The summed E-state index contributed by atoms with van der Waals surface area (Å²) < 4.78 is 2.04. The van der Waals surface area contributed by atoms with Gasteiger partial charge >= 0.3 is 0 Å². The van der Waals surface area contributed by atoms with E-state index in [4.69, 9.17) is 0 Å². The summed E-state index contributed by atoms with van der Waals surface area (Å²) in [6.45, 7) is 6.08. The van der Waals surface area contributed by atoms with Gasteiger partial charge in [-0.2, -0.15) is 0 Å². The summed E-state index contributed by atoms with van der Waals surface area (Å²) in [6.07, 6.45) is 4.45. The highest BCUT2D eigenvalue weighted by Crippen LogP contribution is 2.09. The lowest BCUT2D eigenvalue weighted by molar-refractivity contribution is 0.0988. The van der Waals surface area contributed by atoms with Crippen LogP contribution in [0.15, 0.2) is 18.5 Å². The normalized spacial score (nSPS) is 10.7. The molecule has 0 amide bonds. The van der Waals surface area contributed by atoms with E-state index in [0.717, 1.165) is 5.56 Å². The largest absolute Gasteiger partial charge is 0.351 e. The highest BCUT2D eigenvalue weighted by atomic mass is 16.1. The third-order valence-corrected chi connectivity index (χ3v) is 1.95. The summed E-state index contributed by atoms with van der Waals surface area (Å²) >= 11 is 0. The topological polar surface area (TPSA) is 22.0 Å². The molecule has 0 unspecified atom stereocenters. The Morgan fingerprint density at radius 1 is 1.58 bits per heavy atom. The molecule has 0 aliphatic rings. The van der Waals surface area contributed by atoms with Crippen molar-refractivity contribution in [1.82, 2.24) is 4.57 Å². The molecule has 0 aliphatic heterocycles. The standard InChI is InChI=1S/C10H15NO/c1-4-10(12)9-5-6-11(7-9)8(2)3/h5-8H,4H2,1-3H3. The lowest BCUT2D eigenvalue weighted by atomic mass is 10.2. The second-order valence-corrected chi connectivity index (χ2v) is 3.22. The Bertz CT molecular complexity index is 273. The maximum atomic E-state index is 11.2. The van der Waals surface area contributed by atoms with E-state index in [9.17, 15) is 4.79 Å². The molecule has 0 N–H and O–H groups in total. The summed E-state index contributed by atoms with van der Waals surface area (Å²) in [4.78, 5) is 11.2. The zero-order chi connectivity index (χ0) is 9.14. The van der Waals surface area contributed by atoms with Crippen LogP contribution in [-0.2, 0) is 0 Å². The molecule has 1 aromatic heterocycles. The molecule has 0 aromatic carbocycles. The van der Waals surface area contributed by atoms with Crippen molar-refractivity contribution in [1.29, 1.82) is 0 Å². The van der Waals surface area contributed by atoms with Gasteiger partial charge in [0.1, 0.15) is 0 Å². The molecule has 1 heterocycles. The highest BCUT2D eigenvalue weighted by Gasteiger charge is 2.05. The van der Waals surface area contributed by atoms with Crippen molar-refractivity contribution >= 4 is 5.78 Å². The number of carbonyl (C=O) groups excluding carboxylic acids is 1. The summed E-state index contributed by atoms with van der Waals surface area (Å²) in [5, 5.41) is 0. The predicted molar refractivity (Wildman–Crippen MR) is 49.4 cm³/mol. The van der Waals surface area contributed by atoms with Gasteiger partial charge in [-0.05, 0) is 19.9 Å². The van der Waals surface area contributed by atoms with E-state index in [1.165, 1.54) is 0 Å².